The average Bonchev–Trinajstić information content (AvgIpc) is 3.03. The molecule has 2 N–H and O–H groups in total. The first-order valence-corrected chi connectivity index (χ1v) is 10.7. The fraction of sp³-hybridized carbons (Fsp3) is 0.500. The predicted molar refractivity (Wildman–Crippen MR) is 118 cm³/mol. The predicted octanol–water partition coefficient (Wildman–Crippen LogP) is 3.97. The zero-order valence-corrected chi connectivity index (χ0v) is 19.4. The first kappa shape index (κ1) is 25.0. The molecule has 4 atom stereocenters. The summed E-state index contributed by atoms with van der Waals surface area (Å²) in [4.78, 5) is 17.4. The van der Waals surface area contributed by atoms with E-state index in [1.807, 2.05) is 20.8 Å². The zero-order valence-electron chi connectivity index (χ0n) is 19.4. The van der Waals surface area contributed by atoms with Gasteiger partial charge in [0.05, 0.1) is 36.4 Å². The van der Waals surface area contributed by atoms with Crippen molar-refractivity contribution in [1.82, 2.24) is 4.98 Å². The number of methoxy groups -OCH3 is 2. The summed E-state index contributed by atoms with van der Waals surface area (Å²) in [5, 5.41) is 12.9. The van der Waals surface area contributed by atoms with Crippen molar-refractivity contribution in [2.24, 2.45) is 5.92 Å². The van der Waals surface area contributed by atoms with E-state index in [-0.39, 0.29) is 11.7 Å². The van der Waals surface area contributed by atoms with Gasteiger partial charge in [0.15, 0.2) is 11.6 Å². The number of nitrogens with zero attached hydrogens (tertiary/aromatic N) is 1. The first-order chi connectivity index (χ1) is 15.6. The monoisotopic (exact) mass is 464 g/mol. The fourth-order valence-electron chi connectivity index (χ4n) is 4.14. The lowest BCUT2D eigenvalue weighted by molar-refractivity contribution is -0.131. The number of aliphatic hydroxyl groups excluding tert-OH is 1. The zero-order chi connectivity index (χ0) is 24.3. The van der Waals surface area contributed by atoms with Crippen LogP contribution in [0.15, 0.2) is 30.5 Å². The Balaban J connectivity index is 1.85. The molecule has 1 aromatic carbocycles. The molecular formula is C24H30F2N2O5. The van der Waals surface area contributed by atoms with E-state index in [0.29, 0.717) is 30.0 Å². The van der Waals surface area contributed by atoms with E-state index >= 15 is 0 Å². The highest BCUT2D eigenvalue weighted by atomic mass is 19.2. The molecule has 0 saturated carbocycles. The molecule has 0 radical (unpaired) electrons. The van der Waals surface area contributed by atoms with Gasteiger partial charge in [0.1, 0.15) is 6.10 Å². The Morgan fingerprint density at radius 1 is 1.27 bits per heavy atom. The van der Waals surface area contributed by atoms with Crippen molar-refractivity contribution in [2.75, 3.05) is 26.1 Å². The van der Waals surface area contributed by atoms with Crippen molar-refractivity contribution in [3.05, 3.63) is 53.4 Å². The first-order valence-electron chi connectivity index (χ1n) is 10.7. The van der Waals surface area contributed by atoms with Gasteiger partial charge in [-0.15, -0.1) is 0 Å². The van der Waals surface area contributed by atoms with Crippen LogP contribution in [0.4, 0.5) is 14.5 Å². The maximum absolute atomic E-state index is 14.4. The highest BCUT2D eigenvalue weighted by Gasteiger charge is 2.51. The second kappa shape index (κ2) is 10.1. The topological polar surface area (TPSA) is 89.9 Å². The number of benzene rings is 1. The Morgan fingerprint density at radius 3 is 2.61 bits per heavy atom. The van der Waals surface area contributed by atoms with Gasteiger partial charge in [-0.2, -0.15) is 4.39 Å². The number of pyridine rings is 1. The second-order valence-corrected chi connectivity index (χ2v) is 8.70. The largest absolute Gasteiger partial charge is 0.493 e. The molecule has 0 aliphatic carbocycles. The molecule has 7 nitrogen and oxygen atoms in total. The Bertz CT molecular complexity index is 984. The number of anilines is 1. The summed E-state index contributed by atoms with van der Waals surface area (Å²) in [6.07, 6.45) is 0.0935. The van der Waals surface area contributed by atoms with Gasteiger partial charge in [0, 0.05) is 31.6 Å². The third-order valence-electron chi connectivity index (χ3n) is 6.28. The molecule has 1 aliphatic heterocycles. The van der Waals surface area contributed by atoms with E-state index < -0.39 is 41.3 Å². The lowest BCUT2D eigenvalue weighted by Crippen LogP contribution is -2.33. The standard InChI is InChI=1S/C24H30F2N2O5/c1-13-19(15-7-8-16(25)20(26)21(15)32-5)22(33-24(13,2)3)23(30)28-14-6-9-17(27-12-14)18(29)10-11-31-4/h6-9,12-13,18-19,22,29H,10-11H2,1-5H3,(H,28,30)/t13-,18+,19-,22+/m0/s1. The van der Waals surface area contributed by atoms with Gasteiger partial charge in [-0.3, -0.25) is 9.78 Å². The summed E-state index contributed by atoms with van der Waals surface area (Å²) >= 11 is 0. The van der Waals surface area contributed by atoms with Crippen molar-refractivity contribution in [1.29, 1.82) is 0 Å². The van der Waals surface area contributed by atoms with Gasteiger partial charge in [0.25, 0.3) is 5.91 Å². The number of nitrogens with one attached hydrogen (secondary N) is 1. The number of aromatic nitrogens is 1. The maximum atomic E-state index is 14.4. The van der Waals surface area contributed by atoms with Crippen LogP contribution in [0.3, 0.4) is 0 Å². The van der Waals surface area contributed by atoms with Crippen LogP contribution in [0, 0.1) is 17.6 Å². The third kappa shape index (κ3) is 5.15. The van der Waals surface area contributed by atoms with Gasteiger partial charge in [-0.25, -0.2) is 4.39 Å². The van der Waals surface area contributed by atoms with Crippen LogP contribution in [0.5, 0.6) is 5.75 Å². The quantitative estimate of drug-likeness (QED) is 0.615. The molecule has 1 amide bonds. The molecule has 1 fully saturated rings. The molecule has 0 bridgehead atoms. The van der Waals surface area contributed by atoms with Crippen LogP contribution in [-0.2, 0) is 14.3 Å². The Hall–Kier alpha value is -2.62. The van der Waals surface area contributed by atoms with E-state index in [2.05, 4.69) is 10.3 Å². The van der Waals surface area contributed by atoms with Crippen molar-refractivity contribution in [3.8, 4) is 5.75 Å². The minimum Gasteiger partial charge on any atom is -0.493 e. The minimum atomic E-state index is -1.10. The maximum Gasteiger partial charge on any atom is 0.254 e. The second-order valence-electron chi connectivity index (χ2n) is 8.70. The van der Waals surface area contributed by atoms with Gasteiger partial charge in [-0.05, 0) is 38.0 Å². The van der Waals surface area contributed by atoms with Crippen molar-refractivity contribution >= 4 is 11.6 Å². The van der Waals surface area contributed by atoms with Crippen LogP contribution in [0.25, 0.3) is 0 Å². The number of aliphatic hydroxyl groups is 1. The Morgan fingerprint density at radius 2 is 2.00 bits per heavy atom. The Labute approximate surface area is 192 Å². The molecule has 1 aromatic heterocycles. The molecule has 2 aromatic rings. The molecule has 1 saturated heterocycles. The smallest absolute Gasteiger partial charge is 0.254 e. The van der Waals surface area contributed by atoms with Crippen molar-refractivity contribution in [2.45, 2.75) is 50.9 Å². The summed E-state index contributed by atoms with van der Waals surface area (Å²) in [7, 11) is 2.81. The lowest BCUT2D eigenvalue weighted by Gasteiger charge is -2.25. The van der Waals surface area contributed by atoms with Crippen LogP contribution >= 0.6 is 0 Å². The average molecular weight is 465 g/mol. The van der Waals surface area contributed by atoms with Gasteiger partial charge in [0.2, 0.25) is 5.82 Å². The normalized spacial score (nSPS) is 22.7. The number of amides is 1. The fourth-order valence-corrected chi connectivity index (χ4v) is 4.14. The number of carbonyl (C=O) groups excluding carboxylic acids is 1. The summed E-state index contributed by atoms with van der Waals surface area (Å²) < 4.78 is 44.4. The number of ether oxygens (including phenoxy) is 3. The molecule has 2 heterocycles. The molecule has 0 spiro atoms. The summed E-state index contributed by atoms with van der Waals surface area (Å²) in [5.74, 6) is -3.59. The van der Waals surface area contributed by atoms with Gasteiger partial charge in [-0.1, -0.05) is 13.0 Å². The van der Waals surface area contributed by atoms with Crippen LogP contribution in [0.1, 0.15) is 50.5 Å². The van der Waals surface area contributed by atoms with Gasteiger partial charge < -0.3 is 24.6 Å². The molecule has 1 aliphatic rings. The highest BCUT2D eigenvalue weighted by Crippen LogP contribution is 2.49. The molecule has 0 unspecified atom stereocenters. The van der Waals surface area contributed by atoms with E-state index in [1.54, 1.807) is 19.2 Å². The molecular weight excluding hydrogens is 434 g/mol. The van der Waals surface area contributed by atoms with Crippen molar-refractivity contribution in [3.63, 3.8) is 0 Å². The molecule has 33 heavy (non-hydrogen) atoms. The molecule has 3 rings (SSSR count). The number of hydrogen-bond acceptors (Lipinski definition) is 6. The van der Waals surface area contributed by atoms with Crippen molar-refractivity contribution < 1.29 is 32.9 Å². The number of hydrogen-bond donors (Lipinski definition) is 2. The lowest BCUT2D eigenvalue weighted by atomic mass is 9.78. The van der Waals surface area contributed by atoms with E-state index in [1.165, 1.54) is 19.4 Å². The molecule has 180 valence electrons. The molecule has 9 heteroatoms. The minimum absolute atomic E-state index is 0.205. The van der Waals surface area contributed by atoms with Crippen LogP contribution in [-0.4, -0.2) is 48.5 Å². The third-order valence-corrected chi connectivity index (χ3v) is 6.28. The number of rotatable bonds is 8. The number of halogens is 2. The SMILES string of the molecule is COCC[C@@H](O)c1ccc(NC(=O)[C@@H]2OC(C)(C)[C@@H](C)[C@H]2c2ccc(F)c(F)c2OC)cn1. The summed E-state index contributed by atoms with van der Waals surface area (Å²) in [6.45, 7) is 5.99. The van der Waals surface area contributed by atoms with E-state index in [0.717, 1.165) is 6.07 Å². The van der Waals surface area contributed by atoms with E-state index in [9.17, 15) is 18.7 Å². The van der Waals surface area contributed by atoms with E-state index in [4.69, 9.17) is 14.2 Å². The summed E-state index contributed by atoms with van der Waals surface area (Å²) in [5.41, 5.74) is 0.543. The highest BCUT2D eigenvalue weighted by molar-refractivity contribution is 5.95. The number of carbonyl (C=O) groups is 1. The van der Waals surface area contributed by atoms with Gasteiger partial charge >= 0.3 is 0 Å². The summed E-state index contributed by atoms with van der Waals surface area (Å²) in [6, 6.07) is 5.71. The Kier molecular flexibility index (Phi) is 7.66. The van der Waals surface area contributed by atoms with Crippen LogP contribution in [0.2, 0.25) is 0 Å². The van der Waals surface area contributed by atoms with Crippen LogP contribution < -0.4 is 10.1 Å².